The molecule has 0 radical (unpaired) electrons. The van der Waals surface area contributed by atoms with Crippen LogP contribution in [0.1, 0.15) is 5.56 Å². The Morgan fingerprint density at radius 2 is 1.43 bits per heavy atom. The lowest BCUT2D eigenvalue weighted by Gasteiger charge is -2.34. The summed E-state index contributed by atoms with van der Waals surface area (Å²) in [6.07, 6.45) is 0. The fourth-order valence-corrected chi connectivity index (χ4v) is 5.11. The van der Waals surface area contributed by atoms with E-state index in [0.29, 0.717) is 26.2 Å². The van der Waals surface area contributed by atoms with E-state index in [9.17, 15) is 18.5 Å². The number of piperazine rings is 1. The summed E-state index contributed by atoms with van der Waals surface area (Å²) >= 11 is 0. The molecule has 1 aliphatic rings. The van der Waals surface area contributed by atoms with Crippen molar-refractivity contribution in [3.05, 3.63) is 82.4 Å². The van der Waals surface area contributed by atoms with E-state index in [1.165, 1.54) is 44.9 Å². The molecule has 3 aromatic carbocycles. The van der Waals surface area contributed by atoms with Gasteiger partial charge in [0.2, 0.25) is 10.0 Å². The van der Waals surface area contributed by atoms with Crippen LogP contribution in [0.2, 0.25) is 0 Å². The van der Waals surface area contributed by atoms with Crippen molar-refractivity contribution in [3.8, 4) is 0 Å². The highest BCUT2D eigenvalue weighted by Crippen LogP contribution is 2.23. The molecule has 35 heavy (non-hydrogen) atoms. The zero-order chi connectivity index (χ0) is 25.6. The van der Waals surface area contributed by atoms with Crippen molar-refractivity contribution in [1.29, 1.82) is 0 Å². The number of sulfonamides is 1. The number of nitro groups is 1. The van der Waals surface area contributed by atoms with Crippen LogP contribution in [0.25, 0.3) is 10.8 Å². The van der Waals surface area contributed by atoms with Crippen molar-refractivity contribution >= 4 is 38.4 Å². The SMILES string of the molecule is O=C(O)C(=O)O.O=[N+]([O-])c1ccc(S(=O)(=O)N2CCN(Cc3cccc4ccccc34)CC2)cc1. The molecule has 11 nitrogen and oxygen atoms in total. The number of aliphatic carboxylic acids is 2. The van der Waals surface area contributed by atoms with E-state index in [2.05, 4.69) is 29.2 Å². The molecule has 3 aromatic rings. The zero-order valence-electron chi connectivity index (χ0n) is 18.5. The third-order valence-electron chi connectivity index (χ3n) is 5.47. The molecule has 0 atom stereocenters. The number of carbonyl (C=O) groups is 2. The Morgan fingerprint density at radius 1 is 0.857 bits per heavy atom. The molecule has 0 bridgehead atoms. The van der Waals surface area contributed by atoms with Gasteiger partial charge in [-0.05, 0) is 28.5 Å². The maximum absolute atomic E-state index is 12.8. The summed E-state index contributed by atoms with van der Waals surface area (Å²) in [6, 6.07) is 19.6. The molecule has 0 aliphatic carbocycles. The summed E-state index contributed by atoms with van der Waals surface area (Å²) < 4.78 is 27.1. The molecule has 12 heteroatoms. The number of benzene rings is 3. The van der Waals surface area contributed by atoms with Crippen LogP contribution in [-0.2, 0) is 26.2 Å². The average Bonchev–Trinajstić information content (AvgIpc) is 2.85. The van der Waals surface area contributed by atoms with Crippen LogP contribution in [0.4, 0.5) is 5.69 Å². The number of nitrogens with zero attached hydrogens (tertiary/aromatic N) is 3. The quantitative estimate of drug-likeness (QED) is 0.304. The maximum Gasteiger partial charge on any atom is 0.414 e. The summed E-state index contributed by atoms with van der Waals surface area (Å²) in [6.45, 7) is 2.83. The van der Waals surface area contributed by atoms with E-state index in [1.54, 1.807) is 0 Å². The Kier molecular flexibility index (Phi) is 8.12. The Balaban J connectivity index is 0.000000509. The fraction of sp³-hybridized carbons (Fsp3) is 0.217. The van der Waals surface area contributed by atoms with Crippen LogP contribution in [0.5, 0.6) is 0 Å². The highest BCUT2D eigenvalue weighted by atomic mass is 32.2. The van der Waals surface area contributed by atoms with Crippen molar-refractivity contribution in [1.82, 2.24) is 9.21 Å². The van der Waals surface area contributed by atoms with E-state index >= 15 is 0 Å². The van der Waals surface area contributed by atoms with Crippen LogP contribution >= 0.6 is 0 Å². The lowest BCUT2D eigenvalue weighted by Crippen LogP contribution is -2.48. The summed E-state index contributed by atoms with van der Waals surface area (Å²) in [4.78, 5) is 30.8. The molecule has 2 N–H and O–H groups in total. The van der Waals surface area contributed by atoms with E-state index < -0.39 is 26.9 Å². The van der Waals surface area contributed by atoms with Gasteiger partial charge in [-0.15, -0.1) is 0 Å². The number of non-ortho nitro benzene ring substituents is 1. The first-order valence-electron chi connectivity index (χ1n) is 10.5. The number of rotatable bonds is 5. The lowest BCUT2D eigenvalue weighted by atomic mass is 10.0. The van der Waals surface area contributed by atoms with Gasteiger partial charge in [0.1, 0.15) is 0 Å². The number of carboxylic acids is 2. The minimum absolute atomic E-state index is 0.0885. The first-order chi connectivity index (χ1) is 16.6. The Bertz CT molecular complexity index is 1320. The molecule has 1 saturated heterocycles. The summed E-state index contributed by atoms with van der Waals surface area (Å²) in [5, 5.41) is 28.0. The highest BCUT2D eigenvalue weighted by molar-refractivity contribution is 7.89. The Labute approximate surface area is 201 Å². The van der Waals surface area contributed by atoms with Gasteiger partial charge < -0.3 is 10.2 Å². The third kappa shape index (κ3) is 6.38. The highest BCUT2D eigenvalue weighted by Gasteiger charge is 2.29. The van der Waals surface area contributed by atoms with Gasteiger partial charge in [-0.3, -0.25) is 15.0 Å². The van der Waals surface area contributed by atoms with Gasteiger partial charge in [0.15, 0.2) is 0 Å². The number of nitro benzene ring substituents is 1. The normalized spacial score (nSPS) is 14.6. The number of hydrogen-bond acceptors (Lipinski definition) is 7. The van der Waals surface area contributed by atoms with Crippen LogP contribution in [0.15, 0.2) is 71.6 Å². The molecule has 1 fully saturated rings. The van der Waals surface area contributed by atoms with Crippen molar-refractivity contribution < 1.29 is 33.1 Å². The molecule has 1 heterocycles. The van der Waals surface area contributed by atoms with Gasteiger partial charge in [-0.1, -0.05) is 42.5 Å². The standard InChI is InChI=1S/C21H21N3O4S.C2H2O4/c25-24(26)19-8-10-20(11-9-19)29(27,28)23-14-12-22(13-15-23)16-18-6-3-5-17-4-1-2-7-21(17)18;3-1(4)2(5)6/h1-11H,12-16H2;(H,3,4)(H,5,6). The summed E-state index contributed by atoms with van der Waals surface area (Å²) in [7, 11) is -3.65. The maximum atomic E-state index is 12.8. The molecule has 0 aromatic heterocycles. The number of carboxylic acid groups (broad SMARTS) is 2. The van der Waals surface area contributed by atoms with E-state index in [1.807, 2.05) is 18.2 Å². The van der Waals surface area contributed by atoms with Crippen LogP contribution in [0.3, 0.4) is 0 Å². The largest absolute Gasteiger partial charge is 0.473 e. The summed E-state index contributed by atoms with van der Waals surface area (Å²) in [5.41, 5.74) is 1.11. The van der Waals surface area contributed by atoms with Crippen LogP contribution < -0.4 is 0 Å². The van der Waals surface area contributed by atoms with Gasteiger partial charge in [0.25, 0.3) is 5.69 Å². The lowest BCUT2D eigenvalue weighted by molar-refractivity contribution is -0.384. The summed E-state index contributed by atoms with van der Waals surface area (Å²) in [5.74, 6) is -3.65. The first kappa shape index (κ1) is 25.7. The van der Waals surface area contributed by atoms with Gasteiger partial charge in [0.05, 0.1) is 9.82 Å². The first-order valence-corrected chi connectivity index (χ1v) is 11.9. The third-order valence-corrected chi connectivity index (χ3v) is 7.39. The molecule has 1 aliphatic heterocycles. The minimum atomic E-state index is -3.65. The van der Waals surface area contributed by atoms with E-state index in [-0.39, 0.29) is 10.6 Å². The monoisotopic (exact) mass is 501 g/mol. The molecular formula is C23H23N3O8S. The predicted molar refractivity (Wildman–Crippen MR) is 126 cm³/mol. The van der Waals surface area contributed by atoms with Crippen LogP contribution in [-0.4, -0.2) is 70.9 Å². The molecule has 184 valence electrons. The predicted octanol–water partition coefficient (Wildman–Crippen LogP) is 2.41. The van der Waals surface area contributed by atoms with Gasteiger partial charge in [-0.25, -0.2) is 18.0 Å². The van der Waals surface area contributed by atoms with Crippen molar-refractivity contribution in [2.24, 2.45) is 0 Å². The molecule has 0 unspecified atom stereocenters. The minimum Gasteiger partial charge on any atom is -0.473 e. The molecule has 0 amide bonds. The second kappa shape index (κ2) is 11.0. The molecule has 0 saturated carbocycles. The zero-order valence-corrected chi connectivity index (χ0v) is 19.3. The van der Waals surface area contributed by atoms with Gasteiger partial charge >= 0.3 is 11.9 Å². The van der Waals surface area contributed by atoms with Crippen molar-refractivity contribution in [2.45, 2.75) is 11.4 Å². The van der Waals surface area contributed by atoms with Crippen molar-refractivity contribution in [3.63, 3.8) is 0 Å². The Hall–Kier alpha value is -3.87. The second-order valence-electron chi connectivity index (χ2n) is 7.68. The van der Waals surface area contributed by atoms with Crippen molar-refractivity contribution in [2.75, 3.05) is 26.2 Å². The van der Waals surface area contributed by atoms with E-state index in [0.717, 1.165) is 6.54 Å². The number of fused-ring (bicyclic) bond motifs is 1. The van der Waals surface area contributed by atoms with Gasteiger partial charge in [0, 0.05) is 44.9 Å². The number of hydrogen-bond donors (Lipinski definition) is 2. The van der Waals surface area contributed by atoms with Gasteiger partial charge in [-0.2, -0.15) is 4.31 Å². The van der Waals surface area contributed by atoms with E-state index in [4.69, 9.17) is 19.8 Å². The molecule has 4 rings (SSSR count). The molecular weight excluding hydrogens is 478 g/mol. The topological polar surface area (TPSA) is 158 Å². The smallest absolute Gasteiger partial charge is 0.414 e. The van der Waals surface area contributed by atoms with Crippen LogP contribution in [0, 0.1) is 10.1 Å². The average molecular weight is 502 g/mol. The molecule has 0 spiro atoms. The second-order valence-corrected chi connectivity index (χ2v) is 9.62. The fourth-order valence-electron chi connectivity index (χ4n) is 3.69. The Morgan fingerprint density at radius 3 is 2.00 bits per heavy atom.